The highest BCUT2D eigenvalue weighted by Crippen LogP contribution is 2.28. The largest absolute Gasteiger partial charge is 0.313 e. The monoisotopic (exact) mass is 254 g/mol. The number of nitrogens with zero attached hydrogens (tertiary/aromatic N) is 3. The summed E-state index contributed by atoms with van der Waals surface area (Å²) >= 11 is 2.12. The van der Waals surface area contributed by atoms with Crippen molar-refractivity contribution in [2.24, 2.45) is 7.05 Å². The second-order valence-electron chi connectivity index (χ2n) is 4.66. The molecular formula is C12H22N4S. The predicted octanol–water partition coefficient (Wildman–Crippen LogP) is 1.62. The molecule has 2 heterocycles. The van der Waals surface area contributed by atoms with Gasteiger partial charge in [-0.05, 0) is 25.1 Å². The van der Waals surface area contributed by atoms with E-state index in [1.54, 1.807) is 4.68 Å². The van der Waals surface area contributed by atoms with Crippen LogP contribution < -0.4 is 5.32 Å². The van der Waals surface area contributed by atoms with Gasteiger partial charge in [0.1, 0.15) is 0 Å². The molecule has 0 aromatic carbocycles. The van der Waals surface area contributed by atoms with Crippen molar-refractivity contribution in [2.45, 2.75) is 43.9 Å². The Balaban J connectivity index is 1.95. The lowest BCUT2D eigenvalue weighted by atomic mass is 10.0. The fraction of sp³-hybridized carbons (Fsp3) is 0.833. The van der Waals surface area contributed by atoms with Crippen molar-refractivity contribution in [3.8, 4) is 0 Å². The van der Waals surface area contributed by atoms with Gasteiger partial charge in [0.05, 0.1) is 5.69 Å². The number of likely N-dealkylation sites (N-methyl/N-ethyl adjacent to an activating group) is 1. The van der Waals surface area contributed by atoms with Crippen LogP contribution in [0.4, 0.5) is 0 Å². The summed E-state index contributed by atoms with van der Waals surface area (Å²) in [5, 5.41) is 12.6. The third-order valence-electron chi connectivity index (χ3n) is 3.21. The van der Waals surface area contributed by atoms with Crippen LogP contribution in [0.3, 0.4) is 0 Å². The Kier molecular flexibility index (Phi) is 4.86. The zero-order valence-corrected chi connectivity index (χ0v) is 11.5. The highest BCUT2D eigenvalue weighted by molar-refractivity contribution is 8.00. The summed E-state index contributed by atoms with van der Waals surface area (Å²) in [4.78, 5) is 0. The fourth-order valence-corrected chi connectivity index (χ4v) is 3.83. The first kappa shape index (κ1) is 12.9. The number of hydrogen-bond acceptors (Lipinski definition) is 4. The standard InChI is InChI=1S/C12H22N4S/c1-3-13-11(12-6-4-5-7-17-12)8-10-9-16(2)15-14-10/h9,11-13H,3-8H2,1-2H3. The number of thioether (sulfide) groups is 1. The van der Waals surface area contributed by atoms with E-state index in [0.29, 0.717) is 6.04 Å². The van der Waals surface area contributed by atoms with Crippen LogP contribution in [0.1, 0.15) is 31.9 Å². The van der Waals surface area contributed by atoms with Gasteiger partial charge in [-0.25, -0.2) is 0 Å². The molecule has 5 heteroatoms. The molecule has 1 fully saturated rings. The van der Waals surface area contributed by atoms with Gasteiger partial charge in [0.25, 0.3) is 0 Å². The second-order valence-corrected chi connectivity index (χ2v) is 6.00. The van der Waals surface area contributed by atoms with E-state index in [1.807, 2.05) is 13.2 Å². The predicted molar refractivity (Wildman–Crippen MR) is 72.3 cm³/mol. The molecular weight excluding hydrogens is 232 g/mol. The molecule has 2 rings (SSSR count). The summed E-state index contributed by atoms with van der Waals surface area (Å²) < 4.78 is 1.78. The first-order chi connectivity index (χ1) is 8.29. The molecule has 1 aromatic rings. The van der Waals surface area contributed by atoms with E-state index in [4.69, 9.17) is 0 Å². The van der Waals surface area contributed by atoms with Crippen molar-refractivity contribution >= 4 is 11.8 Å². The Morgan fingerprint density at radius 1 is 1.59 bits per heavy atom. The summed E-state index contributed by atoms with van der Waals surface area (Å²) in [6.45, 7) is 3.21. The summed E-state index contributed by atoms with van der Waals surface area (Å²) in [7, 11) is 1.92. The van der Waals surface area contributed by atoms with Gasteiger partial charge in [-0.2, -0.15) is 11.8 Å². The van der Waals surface area contributed by atoms with Crippen molar-refractivity contribution < 1.29 is 0 Å². The molecule has 96 valence electrons. The first-order valence-electron chi connectivity index (χ1n) is 6.49. The minimum Gasteiger partial charge on any atom is -0.313 e. The average molecular weight is 254 g/mol. The van der Waals surface area contributed by atoms with Gasteiger partial charge in [0, 0.05) is 31.0 Å². The van der Waals surface area contributed by atoms with Crippen molar-refractivity contribution in [1.29, 1.82) is 0 Å². The topological polar surface area (TPSA) is 42.7 Å². The lowest BCUT2D eigenvalue weighted by Gasteiger charge is -2.29. The lowest BCUT2D eigenvalue weighted by Crippen LogP contribution is -2.41. The van der Waals surface area contributed by atoms with Gasteiger partial charge in [0.15, 0.2) is 0 Å². The van der Waals surface area contributed by atoms with E-state index >= 15 is 0 Å². The Labute approximate surface area is 108 Å². The molecule has 0 aliphatic carbocycles. The SMILES string of the molecule is CCNC(Cc1cn(C)nn1)C1CCCCS1. The quantitative estimate of drug-likeness (QED) is 0.867. The summed E-state index contributed by atoms with van der Waals surface area (Å²) in [5.41, 5.74) is 1.10. The Morgan fingerprint density at radius 3 is 3.06 bits per heavy atom. The molecule has 1 aliphatic heterocycles. The molecule has 0 amide bonds. The Morgan fingerprint density at radius 2 is 2.47 bits per heavy atom. The van der Waals surface area contributed by atoms with E-state index in [1.165, 1.54) is 25.0 Å². The minimum absolute atomic E-state index is 0.544. The van der Waals surface area contributed by atoms with Gasteiger partial charge < -0.3 is 5.32 Å². The van der Waals surface area contributed by atoms with Crippen LogP contribution in [0, 0.1) is 0 Å². The van der Waals surface area contributed by atoms with Crippen molar-refractivity contribution in [3.05, 3.63) is 11.9 Å². The number of hydrogen-bond donors (Lipinski definition) is 1. The van der Waals surface area contributed by atoms with Crippen LogP contribution in [0.2, 0.25) is 0 Å². The Bertz CT molecular complexity index is 333. The molecule has 0 spiro atoms. The molecule has 1 N–H and O–H groups in total. The van der Waals surface area contributed by atoms with E-state index in [9.17, 15) is 0 Å². The van der Waals surface area contributed by atoms with Crippen LogP contribution in [0.25, 0.3) is 0 Å². The lowest BCUT2D eigenvalue weighted by molar-refractivity contribution is 0.468. The molecule has 4 nitrogen and oxygen atoms in total. The first-order valence-corrected chi connectivity index (χ1v) is 7.54. The number of aryl methyl sites for hydroxylation is 1. The highest BCUT2D eigenvalue weighted by atomic mass is 32.2. The smallest absolute Gasteiger partial charge is 0.0842 e. The summed E-state index contributed by atoms with van der Waals surface area (Å²) in [5.74, 6) is 1.31. The van der Waals surface area contributed by atoms with Gasteiger partial charge in [0.2, 0.25) is 0 Å². The number of aromatic nitrogens is 3. The number of nitrogens with one attached hydrogen (secondary N) is 1. The van der Waals surface area contributed by atoms with Crippen LogP contribution in [0.15, 0.2) is 6.20 Å². The van der Waals surface area contributed by atoms with E-state index in [0.717, 1.165) is 23.9 Å². The molecule has 1 aromatic heterocycles. The minimum atomic E-state index is 0.544. The van der Waals surface area contributed by atoms with Crippen LogP contribution in [-0.4, -0.2) is 38.6 Å². The highest BCUT2D eigenvalue weighted by Gasteiger charge is 2.24. The average Bonchev–Trinajstić information content (AvgIpc) is 2.75. The van der Waals surface area contributed by atoms with Crippen LogP contribution in [0.5, 0.6) is 0 Å². The molecule has 0 bridgehead atoms. The second kappa shape index (κ2) is 6.40. The van der Waals surface area contributed by atoms with Crippen LogP contribution in [-0.2, 0) is 13.5 Å². The third kappa shape index (κ3) is 3.71. The van der Waals surface area contributed by atoms with Crippen molar-refractivity contribution in [1.82, 2.24) is 20.3 Å². The maximum atomic E-state index is 4.20. The summed E-state index contributed by atoms with van der Waals surface area (Å²) in [6.07, 6.45) is 7.12. The fourth-order valence-electron chi connectivity index (χ4n) is 2.39. The molecule has 2 atom stereocenters. The molecule has 1 aliphatic rings. The van der Waals surface area contributed by atoms with E-state index in [2.05, 4.69) is 34.3 Å². The van der Waals surface area contributed by atoms with Gasteiger partial charge in [-0.3, -0.25) is 4.68 Å². The molecule has 1 saturated heterocycles. The third-order valence-corrected chi connectivity index (χ3v) is 4.73. The van der Waals surface area contributed by atoms with Gasteiger partial charge >= 0.3 is 0 Å². The van der Waals surface area contributed by atoms with E-state index < -0.39 is 0 Å². The number of rotatable bonds is 5. The zero-order valence-electron chi connectivity index (χ0n) is 10.7. The maximum absolute atomic E-state index is 4.20. The van der Waals surface area contributed by atoms with E-state index in [-0.39, 0.29) is 0 Å². The normalized spacial score (nSPS) is 22.6. The molecule has 2 unspecified atom stereocenters. The summed E-state index contributed by atoms with van der Waals surface area (Å²) in [6, 6.07) is 0.544. The van der Waals surface area contributed by atoms with Gasteiger partial charge in [-0.1, -0.05) is 18.6 Å². The Hall–Kier alpha value is -0.550. The van der Waals surface area contributed by atoms with Crippen molar-refractivity contribution in [2.75, 3.05) is 12.3 Å². The zero-order chi connectivity index (χ0) is 12.1. The molecule has 0 radical (unpaired) electrons. The molecule has 0 saturated carbocycles. The van der Waals surface area contributed by atoms with Crippen molar-refractivity contribution in [3.63, 3.8) is 0 Å². The molecule has 17 heavy (non-hydrogen) atoms. The van der Waals surface area contributed by atoms with Crippen LogP contribution >= 0.6 is 11.8 Å². The maximum Gasteiger partial charge on any atom is 0.0842 e. The van der Waals surface area contributed by atoms with Gasteiger partial charge in [-0.15, -0.1) is 5.10 Å².